The second-order valence-corrected chi connectivity index (χ2v) is 9.46. The first-order chi connectivity index (χ1) is 15.1. The van der Waals surface area contributed by atoms with Crippen LogP contribution in [0.25, 0.3) is 22.0 Å². The number of sulfonamides is 1. The molecule has 0 unspecified atom stereocenters. The smallest absolute Gasteiger partial charge is 0.263 e. The van der Waals surface area contributed by atoms with Crippen molar-refractivity contribution in [3.63, 3.8) is 0 Å². The van der Waals surface area contributed by atoms with Crippen molar-refractivity contribution in [2.45, 2.75) is 4.90 Å². The predicted molar refractivity (Wildman–Crippen MR) is 122 cm³/mol. The van der Waals surface area contributed by atoms with Crippen LogP contribution < -0.4 is 10.5 Å². The molecule has 0 aliphatic heterocycles. The van der Waals surface area contributed by atoms with E-state index in [4.69, 9.17) is 40.5 Å². The summed E-state index contributed by atoms with van der Waals surface area (Å²) in [5, 5.41) is 0.260. The molecule has 0 fully saturated rings. The number of hydrogen-bond donors (Lipinski definition) is 2. The Morgan fingerprint density at radius 1 is 0.938 bits per heavy atom. The number of anilines is 2. The highest BCUT2D eigenvalue weighted by molar-refractivity contribution is 7.92. The molecule has 3 N–H and O–H groups in total. The monoisotopic (exact) mass is 514 g/mol. The Balaban J connectivity index is 1.79. The van der Waals surface area contributed by atoms with Crippen molar-refractivity contribution in [3.05, 3.63) is 75.4 Å². The van der Waals surface area contributed by atoms with E-state index in [9.17, 15) is 12.8 Å². The number of halogens is 5. The zero-order valence-corrected chi connectivity index (χ0v) is 18.8. The van der Waals surface area contributed by atoms with Crippen LogP contribution in [0.4, 0.5) is 20.4 Å². The zero-order valence-electron chi connectivity index (χ0n) is 15.7. The van der Waals surface area contributed by atoms with Gasteiger partial charge in [-0.25, -0.2) is 27.2 Å². The molecular formula is C20H11Cl3F2N4O2S. The lowest BCUT2D eigenvalue weighted by Gasteiger charge is -2.14. The highest BCUT2D eigenvalue weighted by Gasteiger charge is 2.24. The third kappa shape index (κ3) is 4.16. The van der Waals surface area contributed by atoms with Gasteiger partial charge in [-0.3, -0.25) is 4.72 Å². The van der Waals surface area contributed by atoms with E-state index in [0.717, 1.165) is 24.3 Å². The van der Waals surface area contributed by atoms with Gasteiger partial charge in [0.05, 0.1) is 31.8 Å². The fourth-order valence-electron chi connectivity index (χ4n) is 3.01. The number of nitrogens with two attached hydrogens (primary N) is 1. The van der Waals surface area contributed by atoms with Gasteiger partial charge in [0.1, 0.15) is 10.7 Å². The van der Waals surface area contributed by atoms with Crippen molar-refractivity contribution in [2.24, 2.45) is 0 Å². The molecule has 4 rings (SSSR count). The van der Waals surface area contributed by atoms with E-state index in [-0.39, 0.29) is 26.6 Å². The van der Waals surface area contributed by atoms with Gasteiger partial charge in [0.25, 0.3) is 10.0 Å². The second kappa shape index (κ2) is 8.32. The first-order valence-corrected chi connectivity index (χ1v) is 11.4. The molecule has 1 heterocycles. The van der Waals surface area contributed by atoms with Crippen molar-refractivity contribution in [1.29, 1.82) is 0 Å². The summed E-state index contributed by atoms with van der Waals surface area (Å²) in [4.78, 5) is 7.48. The predicted octanol–water partition coefficient (Wildman–Crippen LogP) is 5.92. The highest BCUT2D eigenvalue weighted by Crippen LogP contribution is 2.35. The van der Waals surface area contributed by atoms with Crippen molar-refractivity contribution in [3.8, 4) is 11.1 Å². The summed E-state index contributed by atoms with van der Waals surface area (Å²) in [5.41, 5.74) is 5.24. The van der Waals surface area contributed by atoms with Gasteiger partial charge in [0.15, 0.2) is 5.82 Å². The fraction of sp³-hybridized carbons (Fsp3) is 0. The summed E-state index contributed by atoms with van der Waals surface area (Å²) in [7, 11) is -4.38. The summed E-state index contributed by atoms with van der Waals surface area (Å²) in [6.45, 7) is 0. The highest BCUT2D eigenvalue weighted by atomic mass is 35.5. The number of benzene rings is 3. The molecule has 1 aromatic heterocycles. The van der Waals surface area contributed by atoms with Gasteiger partial charge in [-0.2, -0.15) is 0 Å². The Morgan fingerprint density at radius 2 is 1.66 bits per heavy atom. The van der Waals surface area contributed by atoms with E-state index in [1.54, 1.807) is 0 Å². The van der Waals surface area contributed by atoms with Gasteiger partial charge in [-0.1, -0.05) is 40.9 Å². The molecule has 0 spiro atoms. The third-order valence-electron chi connectivity index (χ3n) is 4.49. The van der Waals surface area contributed by atoms with E-state index in [1.807, 2.05) is 0 Å². The molecule has 12 heteroatoms. The van der Waals surface area contributed by atoms with Crippen molar-refractivity contribution in [2.75, 3.05) is 10.5 Å². The standard InChI is InChI=1S/C20H11Cl3F2N4O2S/c21-11-6-13(23)17(7-12(11)22)32(30,31)29-16-4-2-14(24)18(19(16)25)9-1-3-15-10(5-9)8-27-20(26)28-15/h1-8,29H,(H2,26,27,28). The molecule has 32 heavy (non-hydrogen) atoms. The van der Waals surface area contributed by atoms with Crippen LogP contribution in [0.2, 0.25) is 15.1 Å². The summed E-state index contributed by atoms with van der Waals surface area (Å²) in [5.74, 6) is -1.96. The van der Waals surface area contributed by atoms with Crippen LogP contribution in [-0.2, 0) is 10.0 Å². The van der Waals surface area contributed by atoms with Gasteiger partial charge in [0, 0.05) is 11.6 Å². The molecule has 0 saturated heterocycles. The first kappa shape index (κ1) is 22.5. The largest absolute Gasteiger partial charge is 0.368 e. The Kier molecular flexibility index (Phi) is 5.85. The van der Waals surface area contributed by atoms with Crippen molar-refractivity contribution in [1.82, 2.24) is 9.97 Å². The Hall–Kier alpha value is -2.72. The molecule has 4 aromatic rings. The average molecular weight is 516 g/mol. The normalized spacial score (nSPS) is 11.7. The molecule has 164 valence electrons. The van der Waals surface area contributed by atoms with E-state index in [2.05, 4.69) is 14.7 Å². The molecule has 0 radical (unpaired) electrons. The number of aromatic nitrogens is 2. The minimum absolute atomic E-state index is 0.0490. The van der Waals surface area contributed by atoms with Crippen LogP contribution in [0, 0.1) is 11.6 Å². The molecule has 6 nitrogen and oxygen atoms in total. The molecular weight excluding hydrogens is 505 g/mol. The van der Waals surface area contributed by atoms with Crippen LogP contribution in [0.15, 0.2) is 53.6 Å². The number of nitrogens with zero attached hydrogens (tertiary/aromatic N) is 2. The number of nitrogens with one attached hydrogen (secondary N) is 1. The van der Waals surface area contributed by atoms with Crippen LogP contribution in [-0.4, -0.2) is 18.4 Å². The summed E-state index contributed by atoms with van der Waals surface area (Å²) in [6.07, 6.45) is 1.41. The minimum atomic E-state index is -4.38. The number of rotatable bonds is 4. The van der Waals surface area contributed by atoms with E-state index in [1.165, 1.54) is 24.4 Å². The maximum absolute atomic E-state index is 15.3. The van der Waals surface area contributed by atoms with Crippen LogP contribution in [0.3, 0.4) is 0 Å². The molecule has 0 bridgehead atoms. The third-order valence-corrected chi connectivity index (χ3v) is 7.04. The SMILES string of the molecule is Nc1ncc2cc(-c3c(F)ccc(NS(=O)(=O)c4cc(Cl)c(Cl)cc4Cl)c3F)ccc2n1. The lowest BCUT2D eigenvalue weighted by molar-refractivity contribution is 0.588. The zero-order chi connectivity index (χ0) is 23.2. The lowest BCUT2D eigenvalue weighted by atomic mass is 10.0. The number of hydrogen-bond acceptors (Lipinski definition) is 5. The van der Waals surface area contributed by atoms with Crippen LogP contribution >= 0.6 is 34.8 Å². The lowest BCUT2D eigenvalue weighted by Crippen LogP contribution is -2.15. The molecule has 0 aliphatic carbocycles. The van der Waals surface area contributed by atoms with E-state index in [0.29, 0.717) is 10.9 Å². The fourth-order valence-corrected chi connectivity index (χ4v) is 5.07. The quantitative estimate of drug-likeness (QED) is 0.329. The Bertz CT molecular complexity index is 1500. The van der Waals surface area contributed by atoms with Crippen molar-refractivity contribution < 1.29 is 17.2 Å². The van der Waals surface area contributed by atoms with Gasteiger partial charge in [-0.05, 0) is 42.0 Å². The van der Waals surface area contributed by atoms with Gasteiger partial charge >= 0.3 is 0 Å². The number of fused-ring (bicyclic) bond motifs is 1. The minimum Gasteiger partial charge on any atom is -0.368 e. The average Bonchev–Trinajstić information content (AvgIpc) is 2.72. The maximum Gasteiger partial charge on any atom is 0.263 e. The van der Waals surface area contributed by atoms with Gasteiger partial charge in [0.2, 0.25) is 5.95 Å². The summed E-state index contributed by atoms with van der Waals surface area (Å²) >= 11 is 17.7. The molecule has 0 saturated carbocycles. The van der Waals surface area contributed by atoms with Crippen LogP contribution in [0.1, 0.15) is 0 Å². The Labute approximate surface area is 196 Å². The second-order valence-electron chi connectivity index (χ2n) is 6.59. The van der Waals surface area contributed by atoms with E-state index >= 15 is 4.39 Å². The summed E-state index contributed by atoms with van der Waals surface area (Å²) in [6, 6.07) is 8.50. The molecule has 0 atom stereocenters. The van der Waals surface area contributed by atoms with E-state index < -0.39 is 37.8 Å². The maximum atomic E-state index is 15.3. The summed E-state index contributed by atoms with van der Waals surface area (Å²) < 4.78 is 57.5. The van der Waals surface area contributed by atoms with Crippen molar-refractivity contribution >= 4 is 67.4 Å². The molecule has 0 aliphatic rings. The van der Waals surface area contributed by atoms with Gasteiger partial charge < -0.3 is 5.73 Å². The first-order valence-electron chi connectivity index (χ1n) is 8.75. The molecule has 0 amide bonds. The number of nitrogen functional groups attached to an aromatic ring is 1. The van der Waals surface area contributed by atoms with Crippen LogP contribution in [0.5, 0.6) is 0 Å². The topological polar surface area (TPSA) is 98.0 Å². The van der Waals surface area contributed by atoms with Gasteiger partial charge in [-0.15, -0.1) is 0 Å². The Morgan fingerprint density at radius 3 is 2.41 bits per heavy atom. The molecule has 3 aromatic carbocycles.